The highest BCUT2D eigenvalue weighted by atomic mass is 16.7. The van der Waals surface area contributed by atoms with Gasteiger partial charge in [0.05, 0.1) is 12.6 Å². The average Bonchev–Trinajstić information content (AvgIpc) is 3.50. The van der Waals surface area contributed by atoms with Crippen molar-refractivity contribution in [3.8, 4) is 22.9 Å². The number of benzene rings is 1. The molecule has 8 heteroatoms. The van der Waals surface area contributed by atoms with E-state index in [4.69, 9.17) is 18.7 Å². The van der Waals surface area contributed by atoms with Gasteiger partial charge in [0.15, 0.2) is 11.5 Å². The minimum absolute atomic E-state index is 0.240. The fourth-order valence-electron chi connectivity index (χ4n) is 3.67. The lowest BCUT2D eigenvalue weighted by molar-refractivity contribution is 0.0640. The molecular formula is C21H22N4O4. The number of nitrogens with zero attached hydrogens (tertiary/aromatic N) is 4. The number of rotatable bonds is 7. The van der Waals surface area contributed by atoms with Gasteiger partial charge < -0.3 is 18.7 Å². The largest absolute Gasteiger partial charge is 0.454 e. The zero-order valence-corrected chi connectivity index (χ0v) is 16.0. The first-order valence-corrected chi connectivity index (χ1v) is 9.79. The lowest BCUT2D eigenvalue weighted by Gasteiger charge is -2.23. The summed E-state index contributed by atoms with van der Waals surface area (Å²) in [4.78, 5) is 11.0. The first-order valence-electron chi connectivity index (χ1n) is 9.79. The smallest absolute Gasteiger partial charge is 0.241 e. The highest BCUT2D eigenvalue weighted by molar-refractivity contribution is 5.61. The minimum atomic E-state index is 0.240. The van der Waals surface area contributed by atoms with Gasteiger partial charge >= 0.3 is 0 Å². The van der Waals surface area contributed by atoms with Crippen LogP contribution in [0, 0.1) is 0 Å². The molecule has 1 aromatic carbocycles. The van der Waals surface area contributed by atoms with Gasteiger partial charge in [-0.15, -0.1) is 0 Å². The molecule has 2 aliphatic heterocycles. The molecule has 1 saturated heterocycles. The van der Waals surface area contributed by atoms with Crippen molar-refractivity contribution in [2.24, 2.45) is 0 Å². The lowest BCUT2D eigenvalue weighted by Crippen LogP contribution is -2.31. The van der Waals surface area contributed by atoms with Gasteiger partial charge in [-0.1, -0.05) is 5.16 Å². The summed E-state index contributed by atoms with van der Waals surface area (Å²) in [6.07, 6.45) is 6.06. The van der Waals surface area contributed by atoms with Gasteiger partial charge in [-0.3, -0.25) is 9.88 Å². The standard InChI is InChI=1S/C21H22N4O4/c1-2-17(26-9-1)12-25(11-15-5-7-22-8-6-15)13-20-23-21(24-29-20)16-3-4-18-19(10-16)28-14-27-18/h3-8,10,17H,1-2,9,11-14H2. The monoisotopic (exact) mass is 394 g/mol. The van der Waals surface area contributed by atoms with Crippen molar-refractivity contribution in [2.75, 3.05) is 19.9 Å². The predicted molar refractivity (Wildman–Crippen MR) is 103 cm³/mol. The highest BCUT2D eigenvalue weighted by Gasteiger charge is 2.22. The van der Waals surface area contributed by atoms with Crippen LogP contribution in [0.25, 0.3) is 11.4 Å². The molecule has 1 atom stereocenters. The number of pyridine rings is 1. The fraction of sp³-hybridized carbons (Fsp3) is 0.381. The fourth-order valence-corrected chi connectivity index (χ4v) is 3.67. The summed E-state index contributed by atoms with van der Waals surface area (Å²) in [5.74, 6) is 2.55. The maximum Gasteiger partial charge on any atom is 0.241 e. The summed E-state index contributed by atoms with van der Waals surface area (Å²) in [6, 6.07) is 9.69. The Balaban J connectivity index is 1.31. The molecule has 0 spiro atoms. The molecule has 2 aromatic heterocycles. The van der Waals surface area contributed by atoms with E-state index in [1.165, 1.54) is 5.56 Å². The molecular weight excluding hydrogens is 372 g/mol. The lowest BCUT2D eigenvalue weighted by atomic mass is 10.2. The minimum Gasteiger partial charge on any atom is -0.454 e. The van der Waals surface area contributed by atoms with E-state index in [0.717, 1.165) is 43.9 Å². The molecule has 8 nitrogen and oxygen atoms in total. The predicted octanol–water partition coefficient (Wildman–Crippen LogP) is 3.04. The molecule has 0 amide bonds. The third kappa shape index (κ3) is 4.23. The van der Waals surface area contributed by atoms with Crippen molar-refractivity contribution >= 4 is 0 Å². The van der Waals surface area contributed by atoms with E-state index in [1.54, 1.807) is 0 Å². The van der Waals surface area contributed by atoms with Crippen LogP contribution in [0.5, 0.6) is 11.5 Å². The highest BCUT2D eigenvalue weighted by Crippen LogP contribution is 2.35. The Kier molecular flexibility index (Phi) is 5.10. The maximum absolute atomic E-state index is 5.83. The van der Waals surface area contributed by atoms with Gasteiger partial charge in [-0.05, 0) is 48.7 Å². The van der Waals surface area contributed by atoms with Gasteiger partial charge in [-0.25, -0.2) is 0 Å². The summed E-state index contributed by atoms with van der Waals surface area (Å²) < 4.78 is 22.2. The Bertz CT molecular complexity index is 956. The molecule has 150 valence electrons. The van der Waals surface area contributed by atoms with Crippen LogP contribution in [0.1, 0.15) is 24.3 Å². The van der Waals surface area contributed by atoms with Crippen LogP contribution < -0.4 is 9.47 Å². The summed E-state index contributed by atoms with van der Waals surface area (Å²) in [5, 5.41) is 4.15. The van der Waals surface area contributed by atoms with Crippen LogP contribution in [0.4, 0.5) is 0 Å². The SMILES string of the molecule is c1cc(CN(Cc2nc(-c3ccc4c(c3)OCO4)no2)CC2CCCO2)ccn1. The molecule has 0 N–H and O–H groups in total. The Labute approximate surface area is 168 Å². The second-order valence-electron chi connectivity index (χ2n) is 7.24. The van der Waals surface area contributed by atoms with Crippen molar-refractivity contribution in [2.45, 2.75) is 32.0 Å². The van der Waals surface area contributed by atoms with E-state index in [1.807, 2.05) is 42.7 Å². The zero-order chi connectivity index (χ0) is 19.5. The molecule has 0 saturated carbocycles. The van der Waals surface area contributed by atoms with Crippen LogP contribution in [0.2, 0.25) is 0 Å². The second kappa shape index (κ2) is 8.18. The third-order valence-corrected chi connectivity index (χ3v) is 5.10. The number of aromatic nitrogens is 3. The van der Waals surface area contributed by atoms with Crippen molar-refractivity contribution in [1.82, 2.24) is 20.0 Å². The maximum atomic E-state index is 5.83. The van der Waals surface area contributed by atoms with Gasteiger partial charge in [0.2, 0.25) is 18.5 Å². The first-order chi connectivity index (χ1) is 14.3. The Hall–Kier alpha value is -2.97. The Morgan fingerprint density at radius 1 is 1.03 bits per heavy atom. The molecule has 1 unspecified atom stereocenters. The first kappa shape index (κ1) is 18.1. The van der Waals surface area contributed by atoms with Gasteiger partial charge in [0.1, 0.15) is 0 Å². The van der Waals surface area contributed by atoms with Crippen LogP contribution in [-0.4, -0.2) is 46.1 Å². The van der Waals surface area contributed by atoms with E-state index in [2.05, 4.69) is 20.0 Å². The number of hydrogen-bond donors (Lipinski definition) is 0. The van der Waals surface area contributed by atoms with Gasteiger partial charge in [0, 0.05) is 37.7 Å². The van der Waals surface area contributed by atoms with E-state index in [9.17, 15) is 0 Å². The average molecular weight is 394 g/mol. The van der Waals surface area contributed by atoms with Crippen LogP contribution in [-0.2, 0) is 17.8 Å². The molecule has 0 bridgehead atoms. The molecule has 0 radical (unpaired) electrons. The van der Waals surface area contributed by atoms with Crippen molar-refractivity contribution in [3.63, 3.8) is 0 Å². The number of ether oxygens (including phenoxy) is 3. The topological polar surface area (TPSA) is 82.7 Å². The van der Waals surface area contributed by atoms with Crippen LogP contribution in [0.15, 0.2) is 47.2 Å². The summed E-state index contributed by atoms with van der Waals surface area (Å²) in [5.41, 5.74) is 2.03. The summed E-state index contributed by atoms with van der Waals surface area (Å²) in [7, 11) is 0. The third-order valence-electron chi connectivity index (χ3n) is 5.10. The number of hydrogen-bond acceptors (Lipinski definition) is 8. The van der Waals surface area contributed by atoms with Crippen molar-refractivity contribution in [1.29, 1.82) is 0 Å². The van der Waals surface area contributed by atoms with E-state index in [-0.39, 0.29) is 12.9 Å². The van der Waals surface area contributed by atoms with E-state index >= 15 is 0 Å². The normalized spacial score (nSPS) is 17.9. The Morgan fingerprint density at radius 3 is 2.79 bits per heavy atom. The van der Waals surface area contributed by atoms with Crippen molar-refractivity contribution in [3.05, 3.63) is 54.2 Å². The Morgan fingerprint density at radius 2 is 1.93 bits per heavy atom. The quantitative estimate of drug-likeness (QED) is 0.605. The van der Waals surface area contributed by atoms with Crippen LogP contribution in [0.3, 0.4) is 0 Å². The zero-order valence-electron chi connectivity index (χ0n) is 16.0. The van der Waals surface area contributed by atoms with Crippen LogP contribution >= 0.6 is 0 Å². The molecule has 1 fully saturated rings. The van der Waals surface area contributed by atoms with E-state index in [0.29, 0.717) is 24.0 Å². The van der Waals surface area contributed by atoms with Gasteiger partial charge in [0.25, 0.3) is 0 Å². The number of fused-ring (bicyclic) bond motifs is 1. The molecule has 2 aliphatic rings. The molecule has 3 aromatic rings. The molecule has 29 heavy (non-hydrogen) atoms. The van der Waals surface area contributed by atoms with E-state index < -0.39 is 0 Å². The summed E-state index contributed by atoms with van der Waals surface area (Å²) >= 11 is 0. The van der Waals surface area contributed by atoms with Gasteiger partial charge in [-0.2, -0.15) is 4.98 Å². The van der Waals surface area contributed by atoms with Crippen molar-refractivity contribution < 1.29 is 18.7 Å². The second-order valence-corrected chi connectivity index (χ2v) is 7.24. The molecule has 4 heterocycles. The molecule has 0 aliphatic carbocycles. The summed E-state index contributed by atoms with van der Waals surface area (Å²) in [6.45, 7) is 3.22. The molecule has 5 rings (SSSR count).